The molecule has 1 fully saturated rings. The third-order valence-corrected chi connectivity index (χ3v) is 4.23. The van der Waals surface area contributed by atoms with Gasteiger partial charge in [0.2, 0.25) is 10.0 Å². The van der Waals surface area contributed by atoms with E-state index >= 15 is 0 Å². The molecule has 0 atom stereocenters. The Bertz CT molecular complexity index is 329. The average molecular weight is 308 g/mol. The van der Waals surface area contributed by atoms with Crippen LogP contribution in [-0.4, -0.2) is 65.1 Å². The molecule has 0 saturated carbocycles. The molecule has 0 aromatic rings. The first-order valence-electron chi connectivity index (χ1n) is 7.46. The van der Waals surface area contributed by atoms with Crippen molar-refractivity contribution in [2.45, 2.75) is 32.1 Å². The van der Waals surface area contributed by atoms with E-state index in [1.165, 1.54) is 0 Å². The largest absolute Gasteiger partial charge is 0.380 e. The molecule has 0 aliphatic carbocycles. The van der Waals surface area contributed by atoms with Gasteiger partial charge in [-0.1, -0.05) is 19.3 Å². The highest BCUT2D eigenvalue weighted by Gasteiger charge is 2.09. The Labute approximate surface area is 122 Å². The van der Waals surface area contributed by atoms with Crippen molar-refractivity contribution in [2.75, 3.05) is 51.8 Å². The van der Waals surface area contributed by atoms with Crippen LogP contribution in [0.15, 0.2) is 0 Å². The lowest BCUT2D eigenvalue weighted by Crippen LogP contribution is -2.38. The summed E-state index contributed by atoms with van der Waals surface area (Å²) in [6, 6.07) is 0. The number of ether oxygens (including phenoxy) is 2. The molecule has 20 heavy (non-hydrogen) atoms. The normalized spacial score (nSPS) is 17.4. The Morgan fingerprint density at radius 3 is 2.35 bits per heavy atom. The molecule has 0 aromatic carbocycles. The minimum absolute atomic E-state index is 0.100. The molecule has 0 unspecified atom stereocenters. The Hall–Kier alpha value is -0.210. The monoisotopic (exact) mass is 308 g/mol. The standard InChI is InChI=1S/C13H28N2O4S/c14-20(16,17)13-5-3-1-2-4-9-18-10-6-15-7-11-19-12-8-15/h1-13H2,(H2,14,16,17). The minimum atomic E-state index is -3.28. The predicted molar refractivity (Wildman–Crippen MR) is 79.1 cm³/mol. The second kappa shape index (κ2) is 10.5. The van der Waals surface area contributed by atoms with Gasteiger partial charge in [-0.15, -0.1) is 0 Å². The molecule has 2 N–H and O–H groups in total. The lowest BCUT2D eigenvalue weighted by molar-refractivity contribution is 0.0200. The molecule has 1 heterocycles. The first-order valence-corrected chi connectivity index (χ1v) is 9.18. The van der Waals surface area contributed by atoms with Gasteiger partial charge in [0.1, 0.15) is 0 Å². The van der Waals surface area contributed by atoms with E-state index in [0.29, 0.717) is 6.42 Å². The maximum absolute atomic E-state index is 10.7. The van der Waals surface area contributed by atoms with E-state index in [2.05, 4.69) is 4.90 Å². The van der Waals surface area contributed by atoms with Crippen molar-refractivity contribution in [1.82, 2.24) is 4.90 Å². The van der Waals surface area contributed by atoms with E-state index < -0.39 is 10.0 Å². The van der Waals surface area contributed by atoms with Gasteiger partial charge in [-0.2, -0.15) is 0 Å². The molecule has 0 bridgehead atoms. The first-order chi connectivity index (χ1) is 9.58. The van der Waals surface area contributed by atoms with E-state index in [-0.39, 0.29) is 5.75 Å². The van der Waals surface area contributed by atoms with Gasteiger partial charge in [0.05, 0.1) is 25.6 Å². The van der Waals surface area contributed by atoms with Crippen LogP contribution in [0.1, 0.15) is 32.1 Å². The zero-order valence-electron chi connectivity index (χ0n) is 12.3. The number of rotatable bonds is 11. The molecular weight excluding hydrogens is 280 g/mol. The fourth-order valence-corrected chi connectivity index (χ4v) is 2.76. The van der Waals surface area contributed by atoms with Crippen LogP contribution in [0.2, 0.25) is 0 Å². The molecule has 120 valence electrons. The summed E-state index contributed by atoms with van der Waals surface area (Å²) in [5.41, 5.74) is 0. The van der Waals surface area contributed by atoms with Crippen LogP contribution < -0.4 is 5.14 Å². The van der Waals surface area contributed by atoms with Gasteiger partial charge >= 0.3 is 0 Å². The fourth-order valence-electron chi connectivity index (χ4n) is 2.16. The maximum atomic E-state index is 10.7. The second-order valence-electron chi connectivity index (χ2n) is 5.20. The highest BCUT2D eigenvalue weighted by molar-refractivity contribution is 7.89. The first kappa shape index (κ1) is 17.8. The second-order valence-corrected chi connectivity index (χ2v) is 6.94. The highest BCUT2D eigenvalue weighted by atomic mass is 32.2. The van der Waals surface area contributed by atoms with Gasteiger partial charge in [-0.05, 0) is 12.8 Å². The van der Waals surface area contributed by atoms with Crippen molar-refractivity contribution in [2.24, 2.45) is 5.14 Å². The van der Waals surface area contributed by atoms with Gasteiger partial charge < -0.3 is 9.47 Å². The molecule has 1 saturated heterocycles. The van der Waals surface area contributed by atoms with E-state index in [0.717, 1.165) is 71.7 Å². The SMILES string of the molecule is NS(=O)(=O)CCCCCCCOCCN1CCOCC1. The van der Waals surface area contributed by atoms with Crippen LogP contribution in [-0.2, 0) is 19.5 Å². The molecule has 1 rings (SSSR count). The Balaban J connectivity index is 1.78. The van der Waals surface area contributed by atoms with Crippen molar-refractivity contribution in [3.05, 3.63) is 0 Å². The summed E-state index contributed by atoms with van der Waals surface area (Å²) in [4.78, 5) is 2.36. The van der Waals surface area contributed by atoms with Crippen LogP contribution in [0.3, 0.4) is 0 Å². The zero-order chi connectivity index (χ0) is 14.7. The average Bonchev–Trinajstić information content (AvgIpc) is 2.41. The summed E-state index contributed by atoms with van der Waals surface area (Å²) in [6.07, 6.45) is 4.75. The molecule has 6 nitrogen and oxygen atoms in total. The van der Waals surface area contributed by atoms with E-state index in [4.69, 9.17) is 14.6 Å². The van der Waals surface area contributed by atoms with Crippen molar-refractivity contribution >= 4 is 10.0 Å². The van der Waals surface area contributed by atoms with Gasteiger partial charge in [-0.25, -0.2) is 13.6 Å². The fraction of sp³-hybridized carbons (Fsp3) is 1.00. The molecule has 0 radical (unpaired) electrons. The van der Waals surface area contributed by atoms with Crippen LogP contribution in [0.4, 0.5) is 0 Å². The van der Waals surface area contributed by atoms with E-state index in [1.807, 2.05) is 0 Å². The van der Waals surface area contributed by atoms with Crippen LogP contribution in [0.25, 0.3) is 0 Å². The van der Waals surface area contributed by atoms with Crippen molar-refractivity contribution in [3.63, 3.8) is 0 Å². The zero-order valence-corrected chi connectivity index (χ0v) is 13.1. The van der Waals surface area contributed by atoms with Crippen molar-refractivity contribution in [3.8, 4) is 0 Å². The Morgan fingerprint density at radius 2 is 1.65 bits per heavy atom. The minimum Gasteiger partial charge on any atom is -0.380 e. The molecule has 1 aliphatic rings. The summed E-state index contributed by atoms with van der Waals surface area (Å²) in [5.74, 6) is 0.100. The highest BCUT2D eigenvalue weighted by Crippen LogP contribution is 2.04. The predicted octanol–water partition coefficient (Wildman–Crippen LogP) is 0.574. The maximum Gasteiger partial charge on any atom is 0.209 e. The number of hydrogen-bond donors (Lipinski definition) is 1. The van der Waals surface area contributed by atoms with Crippen molar-refractivity contribution in [1.29, 1.82) is 0 Å². The summed E-state index contributed by atoms with van der Waals surface area (Å²) >= 11 is 0. The summed E-state index contributed by atoms with van der Waals surface area (Å²) < 4.78 is 32.3. The quantitative estimate of drug-likeness (QED) is 0.564. The smallest absolute Gasteiger partial charge is 0.209 e. The molecule has 7 heteroatoms. The third kappa shape index (κ3) is 10.6. The number of nitrogens with two attached hydrogens (primary N) is 1. The summed E-state index contributed by atoms with van der Waals surface area (Å²) in [6.45, 7) is 6.24. The number of hydrogen-bond acceptors (Lipinski definition) is 5. The van der Waals surface area contributed by atoms with Crippen LogP contribution in [0, 0.1) is 0 Å². The number of nitrogens with zero attached hydrogens (tertiary/aromatic N) is 1. The molecule has 0 spiro atoms. The number of morpholine rings is 1. The lowest BCUT2D eigenvalue weighted by Gasteiger charge is -2.26. The molecule has 0 amide bonds. The van der Waals surface area contributed by atoms with Crippen LogP contribution in [0.5, 0.6) is 0 Å². The Morgan fingerprint density at radius 1 is 1.00 bits per heavy atom. The van der Waals surface area contributed by atoms with E-state index in [1.54, 1.807) is 0 Å². The van der Waals surface area contributed by atoms with Gasteiger partial charge in [0.25, 0.3) is 0 Å². The molecule has 0 aromatic heterocycles. The van der Waals surface area contributed by atoms with Crippen molar-refractivity contribution < 1.29 is 17.9 Å². The van der Waals surface area contributed by atoms with Gasteiger partial charge in [-0.3, -0.25) is 4.90 Å². The number of unbranched alkanes of at least 4 members (excludes halogenated alkanes) is 4. The Kier molecular flexibility index (Phi) is 9.37. The number of primary sulfonamides is 1. The molecular formula is C13H28N2O4S. The van der Waals surface area contributed by atoms with Gasteiger partial charge in [0.15, 0.2) is 0 Å². The van der Waals surface area contributed by atoms with Gasteiger partial charge in [0, 0.05) is 26.2 Å². The number of sulfonamides is 1. The summed E-state index contributed by atoms with van der Waals surface area (Å²) in [5, 5.41) is 4.93. The summed E-state index contributed by atoms with van der Waals surface area (Å²) in [7, 11) is -3.28. The molecule has 1 aliphatic heterocycles. The topological polar surface area (TPSA) is 81.9 Å². The van der Waals surface area contributed by atoms with E-state index in [9.17, 15) is 8.42 Å². The lowest BCUT2D eigenvalue weighted by atomic mass is 10.2. The third-order valence-electron chi connectivity index (χ3n) is 3.37. The van der Waals surface area contributed by atoms with Crippen LogP contribution >= 0.6 is 0 Å².